The average Bonchev–Trinajstić information content (AvgIpc) is 2.74. The van der Waals surface area contributed by atoms with Gasteiger partial charge in [-0.15, -0.1) is 0 Å². The number of nitrogens with one attached hydrogen (secondary N) is 2. The van der Waals surface area contributed by atoms with Gasteiger partial charge in [0.15, 0.2) is 0 Å². The first-order valence-electron chi connectivity index (χ1n) is 9.56. The van der Waals surface area contributed by atoms with Gasteiger partial charge >= 0.3 is 0 Å². The molecule has 0 atom stereocenters. The standard InChI is InChI=1S/C23H25N3O4S/c1-16-9-14-19(31(28,29)25-17-10-12-18(30-4)13-11-17)15-20(16)23(27)24-21-7-5-6-8-22(21)26(2)3/h5-15,25H,1-4H3,(H,24,27). The Morgan fingerprint density at radius 2 is 1.65 bits per heavy atom. The molecular formula is C23H25N3O4S. The SMILES string of the molecule is COc1ccc(NS(=O)(=O)c2ccc(C)c(C(=O)Nc3ccccc3N(C)C)c2)cc1. The second-order valence-electron chi connectivity index (χ2n) is 7.18. The van der Waals surface area contributed by atoms with E-state index in [1.165, 1.54) is 19.2 Å². The van der Waals surface area contributed by atoms with Gasteiger partial charge in [-0.1, -0.05) is 18.2 Å². The first-order valence-corrected chi connectivity index (χ1v) is 11.0. The third-order valence-corrected chi connectivity index (χ3v) is 6.12. The van der Waals surface area contributed by atoms with Crippen molar-refractivity contribution in [3.8, 4) is 5.75 Å². The van der Waals surface area contributed by atoms with Gasteiger partial charge in [0, 0.05) is 25.3 Å². The van der Waals surface area contributed by atoms with Crippen molar-refractivity contribution in [2.24, 2.45) is 0 Å². The van der Waals surface area contributed by atoms with Gasteiger partial charge in [-0.05, 0) is 61.0 Å². The van der Waals surface area contributed by atoms with Crippen LogP contribution in [0.3, 0.4) is 0 Å². The molecule has 0 fully saturated rings. The number of hydrogen-bond acceptors (Lipinski definition) is 5. The van der Waals surface area contributed by atoms with Crippen LogP contribution in [-0.4, -0.2) is 35.5 Å². The van der Waals surface area contributed by atoms with Crippen LogP contribution >= 0.6 is 0 Å². The van der Waals surface area contributed by atoms with Crippen molar-refractivity contribution in [2.75, 3.05) is 36.1 Å². The predicted molar refractivity (Wildman–Crippen MR) is 124 cm³/mol. The molecule has 0 spiro atoms. The Hall–Kier alpha value is -3.52. The molecule has 3 aromatic rings. The van der Waals surface area contributed by atoms with Gasteiger partial charge in [-0.2, -0.15) is 0 Å². The molecular weight excluding hydrogens is 414 g/mol. The van der Waals surface area contributed by atoms with Crippen LogP contribution in [0.15, 0.2) is 71.6 Å². The van der Waals surface area contributed by atoms with Crippen molar-refractivity contribution in [2.45, 2.75) is 11.8 Å². The lowest BCUT2D eigenvalue weighted by Gasteiger charge is -2.18. The van der Waals surface area contributed by atoms with Gasteiger partial charge in [0.05, 0.1) is 23.4 Å². The molecule has 2 N–H and O–H groups in total. The molecule has 8 heteroatoms. The topological polar surface area (TPSA) is 87.7 Å². The minimum atomic E-state index is -3.88. The zero-order chi connectivity index (χ0) is 22.6. The molecule has 0 heterocycles. The van der Waals surface area contributed by atoms with E-state index in [-0.39, 0.29) is 16.4 Å². The normalized spacial score (nSPS) is 11.0. The monoisotopic (exact) mass is 439 g/mol. The summed E-state index contributed by atoms with van der Waals surface area (Å²) in [5.74, 6) is 0.239. The van der Waals surface area contributed by atoms with Crippen LogP contribution < -0.4 is 19.7 Å². The number of aryl methyl sites for hydroxylation is 1. The van der Waals surface area contributed by atoms with E-state index < -0.39 is 10.0 Å². The van der Waals surface area contributed by atoms with Crippen LogP contribution in [0.2, 0.25) is 0 Å². The van der Waals surface area contributed by atoms with Crippen LogP contribution in [-0.2, 0) is 10.0 Å². The Morgan fingerprint density at radius 1 is 0.968 bits per heavy atom. The summed E-state index contributed by atoms with van der Waals surface area (Å²) in [6.45, 7) is 1.76. The highest BCUT2D eigenvalue weighted by Gasteiger charge is 2.19. The number of amides is 1. The molecule has 0 saturated heterocycles. The highest BCUT2D eigenvalue weighted by molar-refractivity contribution is 7.92. The third kappa shape index (κ3) is 5.16. The van der Waals surface area contributed by atoms with Gasteiger partial charge < -0.3 is 15.0 Å². The molecule has 0 radical (unpaired) electrons. The molecule has 31 heavy (non-hydrogen) atoms. The Morgan fingerprint density at radius 3 is 2.29 bits per heavy atom. The number of carbonyl (C=O) groups excluding carboxylic acids is 1. The van der Waals surface area contributed by atoms with Crippen molar-refractivity contribution < 1.29 is 17.9 Å². The minimum absolute atomic E-state index is 0.0000345. The lowest BCUT2D eigenvalue weighted by molar-refractivity contribution is 0.102. The summed E-state index contributed by atoms with van der Waals surface area (Å²) in [6.07, 6.45) is 0. The summed E-state index contributed by atoms with van der Waals surface area (Å²) < 4.78 is 33.3. The Bertz CT molecular complexity index is 1190. The molecule has 1 amide bonds. The van der Waals surface area contributed by atoms with Crippen molar-refractivity contribution in [1.82, 2.24) is 0 Å². The average molecular weight is 440 g/mol. The Labute approximate surface area is 182 Å². The summed E-state index contributed by atoms with van der Waals surface area (Å²) in [7, 11) is 1.42. The second kappa shape index (κ2) is 9.09. The number of carbonyl (C=O) groups is 1. The Kier molecular flexibility index (Phi) is 6.50. The summed E-state index contributed by atoms with van der Waals surface area (Å²) in [6, 6.07) is 18.4. The second-order valence-corrected chi connectivity index (χ2v) is 8.86. The van der Waals surface area contributed by atoms with Crippen molar-refractivity contribution in [3.63, 3.8) is 0 Å². The Balaban J connectivity index is 1.87. The summed E-state index contributed by atoms with van der Waals surface area (Å²) in [4.78, 5) is 14.8. The van der Waals surface area contributed by atoms with E-state index in [1.54, 1.807) is 43.3 Å². The maximum absolute atomic E-state index is 13.0. The highest BCUT2D eigenvalue weighted by atomic mass is 32.2. The number of sulfonamides is 1. The fraction of sp³-hybridized carbons (Fsp3) is 0.174. The van der Waals surface area contributed by atoms with Gasteiger partial charge in [0.25, 0.3) is 15.9 Å². The zero-order valence-corrected chi connectivity index (χ0v) is 18.7. The van der Waals surface area contributed by atoms with Gasteiger partial charge in [-0.3, -0.25) is 9.52 Å². The number of nitrogens with zero attached hydrogens (tertiary/aromatic N) is 1. The van der Waals surface area contributed by atoms with E-state index in [4.69, 9.17) is 4.74 Å². The van der Waals surface area contributed by atoms with E-state index in [1.807, 2.05) is 37.2 Å². The molecule has 7 nitrogen and oxygen atoms in total. The predicted octanol–water partition coefficient (Wildman–Crippen LogP) is 4.12. The van der Waals surface area contributed by atoms with Crippen molar-refractivity contribution >= 4 is 33.0 Å². The number of benzene rings is 3. The summed E-state index contributed by atoms with van der Waals surface area (Å²) in [5.41, 5.74) is 2.83. The maximum Gasteiger partial charge on any atom is 0.261 e. The van der Waals surface area contributed by atoms with Crippen LogP contribution in [0.4, 0.5) is 17.1 Å². The molecule has 0 unspecified atom stereocenters. The van der Waals surface area contributed by atoms with E-state index in [9.17, 15) is 13.2 Å². The molecule has 3 rings (SSSR count). The first kappa shape index (κ1) is 22.2. The number of rotatable bonds is 7. The van der Waals surface area contributed by atoms with Crippen LogP contribution in [0.1, 0.15) is 15.9 Å². The molecule has 162 valence electrons. The number of anilines is 3. The lowest BCUT2D eigenvalue weighted by atomic mass is 10.1. The van der Waals surface area contributed by atoms with E-state index >= 15 is 0 Å². The number of ether oxygens (including phenoxy) is 1. The van der Waals surface area contributed by atoms with Crippen molar-refractivity contribution in [3.05, 3.63) is 77.9 Å². The molecule has 0 saturated carbocycles. The molecule has 0 aliphatic rings. The number of hydrogen-bond donors (Lipinski definition) is 2. The maximum atomic E-state index is 13.0. The molecule has 0 aromatic heterocycles. The molecule has 3 aromatic carbocycles. The molecule has 0 aliphatic carbocycles. The molecule has 0 bridgehead atoms. The van der Waals surface area contributed by atoms with Gasteiger partial charge in [-0.25, -0.2) is 8.42 Å². The largest absolute Gasteiger partial charge is 0.497 e. The van der Waals surface area contributed by atoms with Gasteiger partial charge in [0.1, 0.15) is 5.75 Å². The van der Waals surface area contributed by atoms with E-state index in [0.29, 0.717) is 22.7 Å². The van der Waals surface area contributed by atoms with Crippen LogP contribution in [0.5, 0.6) is 5.75 Å². The summed E-state index contributed by atoms with van der Waals surface area (Å²) >= 11 is 0. The van der Waals surface area contributed by atoms with E-state index in [0.717, 1.165) is 5.69 Å². The third-order valence-electron chi connectivity index (χ3n) is 4.74. The summed E-state index contributed by atoms with van der Waals surface area (Å²) in [5, 5.41) is 2.88. The van der Waals surface area contributed by atoms with Crippen LogP contribution in [0, 0.1) is 6.92 Å². The smallest absolute Gasteiger partial charge is 0.261 e. The zero-order valence-electron chi connectivity index (χ0n) is 17.8. The minimum Gasteiger partial charge on any atom is -0.497 e. The quantitative estimate of drug-likeness (QED) is 0.578. The van der Waals surface area contributed by atoms with Crippen molar-refractivity contribution in [1.29, 1.82) is 0 Å². The van der Waals surface area contributed by atoms with E-state index in [2.05, 4.69) is 10.0 Å². The molecule has 0 aliphatic heterocycles. The van der Waals surface area contributed by atoms with Crippen LogP contribution in [0.25, 0.3) is 0 Å². The number of methoxy groups -OCH3 is 1. The highest BCUT2D eigenvalue weighted by Crippen LogP contribution is 2.26. The first-order chi connectivity index (χ1) is 14.7. The fourth-order valence-electron chi connectivity index (χ4n) is 3.04. The number of para-hydroxylation sites is 2. The van der Waals surface area contributed by atoms with Gasteiger partial charge in [0.2, 0.25) is 0 Å². The lowest BCUT2D eigenvalue weighted by Crippen LogP contribution is -2.19. The fourth-order valence-corrected chi connectivity index (χ4v) is 4.13.